The van der Waals surface area contributed by atoms with Gasteiger partial charge in [-0.3, -0.25) is 0 Å². The summed E-state index contributed by atoms with van der Waals surface area (Å²) in [4.78, 5) is 0. The van der Waals surface area contributed by atoms with Crippen LogP contribution < -0.4 is 0 Å². The van der Waals surface area contributed by atoms with Crippen LogP contribution in [0.15, 0.2) is 36.9 Å². The van der Waals surface area contributed by atoms with Crippen LogP contribution in [0.4, 0.5) is 0 Å². The Morgan fingerprint density at radius 2 is 1.40 bits per heavy atom. The molecule has 1 fully saturated rings. The molecule has 0 saturated heterocycles. The maximum atomic E-state index is 3.73. The molecule has 1 aromatic rings. The summed E-state index contributed by atoms with van der Waals surface area (Å²) in [6, 6.07) is 8.32. The van der Waals surface area contributed by atoms with Crippen LogP contribution in [-0.2, 0) is 0 Å². The molecule has 0 N–H and O–H groups in total. The van der Waals surface area contributed by atoms with Gasteiger partial charge in [-0.25, -0.2) is 0 Å². The van der Waals surface area contributed by atoms with Gasteiger partial charge < -0.3 is 0 Å². The Labute approximate surface area is 92.3 Å². The molecule has 0 bridgehead atoms. The van der Waals surface area contributed by atoms with Crippen LogP contribution in [0, 0.1) is 31.6 Å². The van der Waals surface area contributed by atoms with Crippen LogP contribution in [0.3, 0.4) is 0 Å². The largest absolute Gasteiger partial charge is 0.0985 e. The SMILES string of the molecule is C=Cc1ccc(/C=C/[C]2[CH][CH][CH][CH]2)cc1. The summed E-state index contributed by atoms with van der Waals surface area (Å²) in [5, 5.41) is 0. The van der Waals surface area contributed by atoms with Crippen LogP contribution in [0.5, 0.6) is 0 Å². The van der Waals surface area contributed by atoms with E-state index in [-0.39, 0.29) is 0 Å². The van der Waals surface area contributed by atoms with Crippen molar-refractivity contribution in [2.24, 2.45) is 0 Å². The predicted octanol–water partition coefficient (Wildman–Crippen LogP) is 3.75. The van der Waals surface area contributed by atoms with E-state index in [4.69, 9.17) is 0 Å². The second kappa shape index (κ2) is 4.97. The highest BCUT2D eigenvalue weighted by Gasteiger charge is 2.12. The first-order valence-electron chi connectivity index (χ1n) is 5.01. The second-order valence-corrected chi connectivity index (χ2v) is 3.42. The second-order valence-electron chi connectivity index (χ2n) is 3.42. The summed E-state index contributed by atoms with van der Waals surface area (Å²) >= 11 is 0. The first-order chi connectivity index (χ1) is 7.38. The Bertz CT molecular complexity index is 337. The molecule has 1 saturated carbocycles. The fourth-order valence-corrected chi connectivity index (χ4v) is 1.44. The van der Waals surface area contributed by atoms with Gasteiger partial charge in [0.15, 0.2) is 0 Å². The molecule has 5 radical (unpaired) electrons. The van der Waals surface area contributed by atoms with Crippen LogP contribution in [0.2, 0.25) is 0 Å². The summed E-state index contributed by atoms with van der Waals surface area (Å²) in [7, 11) is 0. The van der Waals surface area contributed by atoms with E-state index in [2.05, 4.69) is 55.8 Å². The van der Waals surface area contributed by atoms with E-state index in [0.29, 0.717) is 0 Å². The Morgan fingerprint density at radius 1 is 0.800 bits per heavy atom. The molecule has 0 unspecified atom stereocenters. The Kier molecular flexibility index (Phi) is 3.39. The maximum Gasteiger partial charge on any atom is 0.00501 e. The number of allylic oxidation sites excluding steroid dienone is 1. The van der Waals surface area contributed by atoms with Gasteiger partial charge in [0, 0.05) is 5.92 Å². The van der Waals surface area contributed by atoms with Crippen molar-refractivity contribution < 1.29 is 0 Å². The highest BCUT2D eigenvalue weighted by Crippen LogP contribution is 2.24. The third-order valence-electron chi connectivity index (χ3n) is 2.33. The third kappa shape index (κ3) is 2.82. The topological polar surface area (TPSA) is 0 Å². The van der Waals surface area contributed by atoms with E-state index in [9.17, 15) is 0 Å². The quantitative estimate of drug-likeness (QED) is 0.685. The molecule has 0 heterocycles. The van der Waals surface area contributed by atoms with Gasteiger partial charge in [-0.2, -0.15) is 0 Å². The van der Waals surface area contributed by atoms with Crippen molar-refractivity contribution in [1.29, 1.82) is 0 Å². The lowest BCUT2D eigenvalue weighted by atomic mass is 10.1. The van der Waals surface area contributed by atoms with Crippen molar-refractivity contribution in [3.63, 3.8) is 0 Å². The zero-order valence-corrected chi connectivity index (χ0v) is 8.56. The van der Waals surface area contributed by atoms with Gasteiger partial charge in [0.25, 0.3) is 0 Å². The molecule has 0 aliphatic heterocycles. The number of hydrogen-bond donors (Lipinski definition) is 0. The molecule has 1 aliphatic carbocycles. The molecule has 73 valence electrons. The van der Waals surface area contributed by atoms with Crippen molar-refractivity contribution in [1.82, 2.24) is 0 Å². The third-order valence-corrected chi connectivity index (χ3v) is 2.33. The van der Waals surface area contributed by atoms with Gasteiger partial charge in [-0.15, -0.1) is 0 Å². The van der Waals surface area contributed by atoms with Crippen molar-refractivity contribution in [2.45, 2.75) is 0 Å². The van der Waals surface area contributed by atoms with Crippen molar-refractivity contribution in [2.75, 3.05) is 0 Å². The zero-order chi connectivity index (χ0) is 10.5. The van der Waals surface area contributed by atoms with Gasteiger partial charge in [0.1, 0.15) is 0 Å². The molecule has 0 heteroatoms. The Morgan fingerprint density at radius 3 is 2.00 bits per heavy atom. The summed E-state index contributed by atoms with van der Waals surface area (Å²) in [6.07, 6.45) is 14.3. The smallest absolute Gasteiger partial charge is 0.00501 e. The van der Waals surface area contributed by atoms with Gasteiger partial charge in [0.05, 0.1) is 0 Å². The average molecular weight is 193 g/mol. The number of benzene rings is 1. The highest BCUT2D eigenvalue weighted by atomic mass is 14.2. The molecule has 0 nitrogen and oxygen atoms in total. The minimum atomic E-state index is 1.15. The van der Waals surface area contributed by atoms with Gasteiger partial charge in [-0.1, -0.05) is 49.1 Å². The molecular weight excluding hydrogens is 180 g/mol. The van der Waals surface area contributed by atoms with E-state index >= 15 is 0 Å². The van der Waals surface area contributed by atoms with E-state index in [1.54, 1.807) is 0 Å². The first-order valence-corrected chi connectivity index (χ1v) is 5.01. The van der Waals surface area contributed by atoms with Crippen LogP contribution in [-0.4, -0.2) is 0 Å². The molecule has 2 rings (SSSR count). The van der Waals surface area contributed by atoms with Crippen molar-refractivity contribution in [3.05, 3.63) is 79.6 Å². The molecule has 1 aliphatic rings. The lowest BCUT2D eigenvalue weighted by Gasteiger charge is -1.99. The zero-order valence-electron chi connectivity index (χ0n) is 8.56. The van der Waals surface area contributed by atoms with Crippen LogP contribution in [0.25, 0.3) is 12.2 Å². The average Bonchev–Trinajstić information content (AvgIpc) is 2.80. The number of hydrogen-bond acceptors (Lipinski definition) is 0. The molecule has 0 aromatic heterocycles. The lowest BCUT2D eigenvalue weighted by molar-refractivity contribution is 1.39. The molecular formula is C15H13. The molecule has 15 heavy (non-hydrogen) atoms. The van der Waals surface area contributed by atoms with Gasteiger partial charge >= 0.3 is 0 Å². The highest BCUT2D eigenvalue weighted by molar-refractivity contribution is 5.58. The van der Waals surface area contributed by atoms with Crippen LogP contribution in [0.1, 0.15) is 11.1 Å². The van der Waals surface area contributed by atoms with E-state index in [1.807, 2.05) is 18.9 Å². The van der Waals surface area contributed by atoms with E-state index in [1.165, 1.54) is 11.5 Å². The summed E-state index contributed by atoms with van der Waals surface area (Å²) in [5.41, 5.74) is 2.36. The van der Waals surface area contributed by atoms with Crippen molar-refractivity contribution >= 4 is 12.2 Å². The van der Waals surface area contributed by atoms with Gasteiger partial charge in [-0.05, 0) is 36.8 Å². The van der Waals surface area contributed by atoms with Crippen LogP contribution >= 0.6 is 0 Å². The fourth-order valence-electron chi connectivity index (χ4n) is 1.44. The summed E-state index contributed by atoms with van der Waals surface area (Å²) in [5.74, 6) is 1.24. The molecule has 0 spiro atoms. The predicted molar refractivity (Wildman–Crippen MR) is 66.0 cm³/mol. The monoisotopic (exact) mass is 193 g/mol. The maximum absolute atomic E-state index is 3.73. The summed E-state index contributed by atoms with van der Waals surface area (Å²) in [6.45, 7) is 3.73. The molecule has 0 atom stereocenters. The first kappa shape index (κ1) is 10.2. The number of rotatable bonds is 3. The Balaban J connectivity index is 2.00. The van der Waals surface area contributed by atoms with E-state index < -0.39 is 0 Å². The summed E-state index contributed by atoms with van der Waals surface area (Å²) < 4.78 is 0. The molecule has 0 amide bonds. The molecule has 1 aromatic carbocycles. The normalized spacial score (nSPS) is 17.3. The fraction of sp³-hybridized carbons (Fsp3) is 0. The minimum absolute atomic E-state index is 1.15. The Hall–Kier alpha value is -1.30. The lowest BCUT2D eigenvalue weighted by Crippen LogP contribution is -1.84. The van der Waals surface area contributed by atoms with E-state index in [0.717, 1.165) is 5.56 Å². The standard InChI is InChI=1S/C15H13/c1-2-13-7-9-15(10-8-13)12-11-14-5-3-4-6-14/h2-12H,1H2/b12-11+. The van der Waals surface area contributed by atoms with Crippen molar-refractivity contribution in [3.8, 4) is 0 Å². The minimum Gasteiger partial charge on any atom is -0.0985 e. The van der Waals surface area contributed by atoms with Gasteiger partial charge in [0.2, 0.25) is 0 Å².